The first-order valence-corrected chi connectivity index (χ1v) is 13.1. The number of nitrogens with zero attached hydrogens (tertiary/aromatic N) is 5. The molecule has 0 aliphatic rings. The number of nitrogens with one attached hydrogen (secondary N) is 1. The van der Waals surface area contributed by atoms with Crippen LogP contribution in [0.25, 0.3) is 11.1 Å². The van der Waals surface area contributed by atoms with Crippen LogP contribution >= 0.6 is 11.8 Å². The van der Waals surface area contributed by atoms with E-state index in [2.05, 4.69) is 27.4 Å². The molecular formula is C28H30N6O4S. The summed E-state index contributed by atoms with van der Waals surface area (Å²) in [5.74, 6) is 0.963. The largest absolute Gasteiger partial charge is 0.491 e. The average Bonchev–Trinajstić information content (AvgIpc) is 2.93. The first-order chi connectivity index (χ1) is 18.6. The van der Waals surface area contributed by atoms with E-state index in [1.165, 1.54) is 16.7 Å². The zero-order chi connectivity index (χ0) is 28.5. The Kier molecular flexibility index (Phi) is 10.2. The summed E-state index contributed by atoms with van der Waals surface area (Å²) < 4.78 is 5.54. The number of amides is 1. The molecular weight excluding hydrogens is 516 g/mol. The van der Waals surface area contributed by atoms with Crippen molar-refractivity contribution in [3.63, 3.8) is 0 Å². The van der Waals surface area contributed by atoms with Gasteiger partial charge in [-0.25, -0.2) is 4.98 Å². The summed E-state index contributed by atoms with van der Waals surface area (Å²) in [5, 5.41) is 43.0. The van der Waals surface area contributed by atoms with Gasteiger partial charge in [-0.05, 0) is 49.2 Å². The Morgan fingerprint density at radius 1 is 1.10 bits per heavy atom. The molecule has 0 saturated heterocycles. The molecule has 2 aromatic heterocycles. The first-order valence-electron chi connectivity index (χ1n) is 12.1. The molecule has 1 aromatic carbocycles. The fraction of sp³-hybridized carbons (Fsp3) is 0.321. The number of aliphatic hydroxyl groups excluding tert-OH is 2. The number of anilines is 1. The number of rotatable bonds is 11. The van der Waals surface area contributed by atoms with Crippen LogP contribution in [0.15, 0.2) is 47.6 Å². The first kappa shape index (κ1) is 29.4. The number of pyridine rings is 2. The third-order valence-electron chi connectivity index (χ3n) is 5.41. The minimum absolute atomic E-state index is 0.132. The van der Waals surface area contributed by atoms with Crippen molar-refractivity contribution in [3.8, 4) is 29.0 Å². The van der Waals surface area contributed by atoms with Gasteiger partial charge in [-0.3, -0.25) is 9.78 Å². The zero-order valence-corrected chi connectivity index (χ0v) is 23.0. The Morgan fingerprint density at radius 2 is 1.79 bits per heavy atom. The number of carbonyl (C=O) groups excluding carboxylic acids is 1. The van der Waals surface area contributed by atoms with Crippen molar-refractivity contribution in [1.29, 1.82) is 10.5 Å². The molecule has 202 valence electrons. The standard InChI is InChI=1S/C28H30N6O4S/c1-17(35)14-32-26-22(12-29)25(20-5-7-21(8-6-20)38-15-18(2)36)23(13-30)27(33-26)39-16-19-9-10-31-24(11-19)28(37)34(3)4/h5-11,17-18,35-36H,14-16H2,1-4H3,(H,32,33)/t17?,18-/m0/s1. The molecule has 39 heavy (non-hydrogen) atoms. The van der Waals surface area contributed by atoms with Gasteiger partial charge in [0, 0.05) is 38.2 Å². The predicted octanol–water partition coefficient (Wildman–Crippen LogP) is 3.43. The highest BCUT2D eigenvalue weighted by Gasteiger charge is 2.22. The van der Waals surface area contributed by atoms with E-state index in [0.29, 0.717) is 33.3 Å². The van der Waals surface area contributed by atoms with Crippen LogP contribution < -0.4 is 10.1 Å². The maximum Gasteiger partial charge on any atom is 0.271 e. The third kappa shape index (κ3) is 7.68. The number of hydrogen-bond acceptors (Lipinski definition) is 10. The number of benzene rings is 1. The molecule has 0 aliphatic heterocycles. The fourth-order valence-corrected chi connectivity index (χ4v) is 4.47. The Hall–Kier alpha value is -4.16. The van der Waals surface area contributed by atoms with Gasteiger partial charge >= 0.3 is 0 Å². The number of nitriles is 2. The average molecular weight is 547 g/mol. The van der Waals surface area contributed by atoms with Crippen molar-refractivity contribution in [2.75, 3.05) is 32.6 Å². The zero-order valence-electron chi connectivity index (χ0n) is 22.2. The van der Waals surface area contributed by atoms with E-state index in [-0.39, 0.29) is 36.0 Å². The molecule has 1 amide bonds. The number of carbonyl (C=O) groups is 1. The van der Waals surface area contributed by atoms with Crippen molar-refractivity contribution in [3.05, 3.63) is 65.0 Å². The summed E-state index contributed by atoms with van der Waals surface area (Å²) in [7, 11) is 3.31. The lowest BCUT2D eigenvalue weighted by Gasteiger charge is -2.17. The van der Waals surface area contributed by atoms with Crippen LogP contribution in [0.2, 0.25) is 0 Å². The number of thioether (sulfide) groups is 1. The minimum Gasteiger partial charge on any atom is -0.491 e. The maximum absolute atomic E-state index is 12.3. The van der Waals surface area contributed by atoms with Gasteiger partial charge in [-0.1, -0.05) is 12.1 Å². The van der Waals surface area contributed by atoms with Gasteiger partial charge in [0.2, 0.25) is 0 Å². The highest BCUT2D eigenvalue weighted by atomic mass is 32.2. The second kappa shape index (κ2) is 13.6. The summed E-state index contributed by atoms with van der Waals surface area (Å²) >= 11 is 1.29. The number of aliphatic hydroxyl groups is 2. The lowest BCUT2D eigenvalue weighted by atomic mass is 9.96. The van der Waals surface area contributed by atoms with Gasteiger partial charge in [0.05, 0.1) is 17.8 Å². The Labute approximate surface area is 231 Å². The van der Waals surface area contributed by atoms with Crippen LogP contribution in [-0.4, -0.2) is 70.4 Å². The summed E-state index contributed by atoms with van der Waals surface area (Å²) in [6.07, 6.45) is 0.245. The van der Waals surface area contributed by atoms with Crippen LogP contribution in [0.5, 0.6) is 5.75 Å². The van der Waals surface area contributed by atoms with Crippen LogP contribution in [0, 0.1) is 22.7 Å². The van der Waals surface area contributed by atoms with Crippen molar-refractivity contribution in [2.24, 2.45) is 0 Å². The van der Waals surface area contributed by atoms with Gasteiger partial charge in [-0.2, -0.15) is 10.5 Å². The second-order valence-electron chi connectivity index (χ2n) is 9.07. The Balaban J connectivity index is 2.05. The smallest absolute Gasteiger partial charge is 0.271 e. The van der Waals surface area contributed by atoms with E-state index in [1.807, 2.05) is 0 Å². The summed E-state index contributed by atoms with van der Waals surface area (Å²) in [6.45, 7) is 3.52. The summed E-state index contributed by atoms with van der Waals surface area (Å²) in [6, 6.07) is 14.8. The molecule has 2 atom stereocenters. The minimum atomic E-state index is -0.691. The summed E-state index contributed by atoms with van der Waals surface area (Å²) in [5.41, 5.74) is 2.55. The number of aromatic nitrogens is 2. The van der Waals surface area contributed by atoms with E-state index in [0.717, 1.165) is 5.56 Å². The molecule has 0 aliphatic carbocycles. The van der Waals surface area contributed by atoms with Crippen molar-refractivity contribution in [1.82, 2.24) is 14.9 Å². The van der Waals surface area contributed by atoms with E-state index < -0.39 is 12.2 Å². The summed E-state index contributed by atoms with van der Waals surface area (Å²) in [4.78, 5) is 22.5. The van der Waals surface area contributed by atoms with E-state index in [1.54, 1.807) is 70.5 Å². The molecule has 3 N–H and O–H groups in total. The third-order valence-corrected chi connectivity index (χ3v) is 6.46. The maximum atomic E-state index is 12.3. The SMILES string of the molecule is CC(O)CNc1nc(SCc2ccnc(C(=O)N(C)C)c2)c(C#N)c(-c2ccc(OC[C@H](C)O)cc2)c1C#N. The monoisotopic (exact) mass is 546 g/mol. The molecule has 0 bridgehead atoms. The number of hydrogen-bond donors (Lipinski definition) is 3. The van der Waals surface area contributed by atoms with Crippen molar-refractivity contribution < 1.29 is 19.7 Å². The Morgan fingerprint density at radius 3 is 2.38 bits per heavy atom. The normalized spacial score (nSPS) is 12.1. The molecule has 3 aromatic rings. The van der Waals surface area contributed by atoms with Crippen LogP contribution in [0.3, 0.4) is 0 Å². The molecule has 2 heterocycles. The second-order valence-corrected chi connectivity index (χ2v) is 10.0. The van der Waals surface area contributed by atoms with Gasteiger partial charge in [0.1, 0.15) is 46.6 Å². The molecule has 1 unspecified atom stereocenters. The molecule has 0 radical (unpaired) electrons. The van der Waals surface area contributed by atoms with Crippen LogP contribution in [-0.2, 0) is 5.75 Å². The molecule has 11 heteroatoms. The van der Waals surface area contributed by atoms with Gasteiger partial charge in [-0.15, -0.1) is 11.8 Å². The number of ether oxygens (including phenoxy) is 1. The van der Waals surface area contributed by atoms with Crippen molar-refractivity contribution in [2.45, 2.75) is 36.8 Å². The lowest BCUT2D eigenvalue weighted by molar-refractivity contribution is 0.0822. The Bertz CT molecular complexity index is 1390. The molecule has 0 fully saturated rings. The lowest BCUT2D eigenvalue weighted by Crippen LogP contribution is -2.22. The van der Waals surface area contributed by atoms with E-state index in [9.17, 15) is 25.5 Å². The quantitative estimate of drug-likeness (QED) is 0.305. The van der Waals surface area contributed by atoms with E-state index >= 15 is 0 Å². The topological polar surface area (TPSA) is 155 Å². The molecule has 0 spiro atoms. The van der Waals surface area contributed by atoms with Gasteiger partial charge < -0.3 is 25.2 Å². The predicted molar refractivity (Wildman–Crippen MR) is 148 cm³/mol. The van der Waals surface area contributed by atoms with Crippen molar-refractivity contribution >= 4 is 23.5 Å². The molecule has 3 rings (SSSR count). The van der Waals surface area contributed by atoms with Crippen LogP contribution in [0.1, 0.15) is 41.0 Å². The fourth-order valence-electron chi connectivity index (χ4n) is 3.54. The van der Waals surface area contributed by atoms with Gasteiger partial charge in [0.25, 0.3) is 5.91 Å². The van der Waals surface area contributed by atoms with E-state index in [4.69, 9.17) is 4.74 Å². The van der Waals surface area contributed by atoms with Gasteiger partial charge in [0.15, 0.2) is 0 Å². The highest BCUT2D eigenvalue weighted by Crippen LogP contribution is 2.38. The molecule has 10 nitrogen and oxygen atoms in total. The molecule has 0 saturated carbocycles. The highest BCUT2D eigenvalue weighted by molar-refractivity contribution is 7.98. The van der Waals surface area contributed by atoms with Crippen LogP contribution in [0.4, 0.5) is 5.82 Å².